The van der Waals surface area contributed by atoms with Crippen LogP contribution in [-0.2, 0) is 6.42 Å². The third-order valence-corrected chi connectivity index (χ3v) is 6.67. The first kappa shape index (κ1) is 15.3. The van der Waals surface area contributed by atoms with E-state index in [1.807, 2.05) is 23.5 Å². The molecule has 1 nitrogen and oxygen atoms in total. The van der Waals surface area contributed by atoms with E-state index in [2.05, 4.69) is 45.0 Å². The number of benzene rings is 1. The van der Waals surface area contributed by atoms with Crippen LogP contribution in [0.4, 0.5) is 0 Å². The average Bonchev–Trinajstić information content (AvgIpc) is 2.38. The average molecular weight is 297 g/mol. The summed E-state index contributed by atoms with van der Waals surface area (Å²) in [4.78, 5) is 0. The number of rotatable bonds is 4. The quantitative estimate of drug-likeness (QED) is 0.901. The largest absolute Gasteiger partial charge is 0.387 e. The molecule has 1 N–H and O–H groups in total. The summed E-state index contributed by atoms with van der Waals surface area (Å²) >= 11 is 3.91. The molecular weight excluding hydrogens is 272 g/mol. The Morgan fingerprint density at radius 2 is 2.00 bits per heavy atom. The van der Waals surface area contributed by atoms with Gasteiger partial charge in [0.2, 0.25) is 0 Å². The summed E-state index contributed by atoms with van der Waals surface area (Å²) in [6.07, 6.45) is 0.753. The summed E-state index contributed by atoms with van der Waals surface area (Å²) in [6, 6.07) is 8.52. The molecule has 1 saturated heterocycles. The van der Waals surface area contributed by atoms with E-state index in [9.17, 15) is 5.11 Å². The van der Waals surface area contributed by atoms with Crippen LogP contribution < -0.4 is 0 Å². The summed E-state index contributed by atoms with van der Waals surface area (Å²) in [5, 5.41) is 11.5. The highest BCUT2D eigenvalue weighted by Gasteiger charge is 2.30. The molecule has 0 radical (unpaired) electrons. The molecule has 106 valence electrons. The standard InChI is InChI=1S/C16H24OS2/c1-11(2)9-13-5-4-6-14(10-13)15(17)16-12(3)18-7-8-19-16/h4-6,10-12,15-17H,7-9H2,1-3H3. The van der Waals surface area contributed by atoms with Crippen molar-refractivity contribution in [3.05, 3.63) is 35.4 Å². The smallest absolute Gasteiger partial charge is 0.0919 e. The fraction of sp³-hybridized carbons (Fsp3) is 0.625. The van der Waals surface area contributed by atoms with Crippen LogP contribution in [0, 0.1) is 5.92 Å². The molecule has 0 spiro atoms. The van der Waals surface area contributed by atoms with Crippen molar-refractivity contribution in [3.8, 4) is 0 Å². The Labute approximate surface area is 125 Å². The number of thioether (sulfide) groups is 2. The van der Waals surface area contributed by atoms with Gasteiger partial charge in [-0.2, -0.15) is 23.5 Å². The Morgan fingerprint density at radius 1 is 1.26 bits per heavy atom. The van der Waals surface area contributed by atoms with Crippen LogP contribution in [0.3, 0.4) is 0 Å². The van der Waals surface area contributed by atoms with Crippen molar-refractivity contribution < 1.29 is 5.11 Å². The molecule has 0 bridgehead atoms. The highest BCUT2D eigenvalue weighted by Crippen LogP contribution is 2.38. The van der Waals surface area contributed by atoms with Crippen molar-refractivity contribution >= 4 is 23.5 Å². The maximum atomic E-state index is 10.6. The zero-order valence-corrected chi connectivity index (χ0v) is 13.6. The fourth-order valence-electron chi connectivity index (χ4n) is 2.56. The molecule has 1 aromatic carbocycles. The lowest BCUT2D eigenvalue weighted by Gasteiger charge is -2.32. The SMILES string of the molecule is CC(C)Cc1cccc(C(O)C2SCCSC2C)c1. The molecule has 0 aromatic heterocycles. The van der Waals surface area contributed by atoms with Crippen LogP contribution in [0.2, 0.25) is 0 Å². The molecule has 1 aliphatic rings. The lowest BCUT2D eigenvalue weighted by molar-refractivity contribution is 0.174. The second-order valence-corrected chi connectivity index (χ2v) is 8.47. The van der Waals surface area contributed by atoms with Gasteiger partial charge in [-0.1, -0.05) is 45.0 Å². The minimum atomic E-state index is -0.333. The van der Waals surface area contributed by atoms with Gasteiger partial charge in [0.25, 0.3) is 0 Å². The Morgan fingerprint density at radius 3 is 2.68 bits per heavy atom. The minimum Gasteiger partial charge on any atom is -0.387 e. The summed E-state index contributed by atoms with van der Waals surface area (Å²) < 4.78 is 0. The van der Waals surface area contributed by atoms with E-state index in [1.54, 1.807) is 0 Å². The van der Waals surface area contributed by atoms with E-state index in [-0.39, 0.29) is 6.10 Å². The molecule has 19 heavy (non-hydrogen) atoms. The summed E-state index contributed by atoms with van der Waals surface area (Å²) in [6.45, 7) is 6.71. The molecule has 1 heterocycles. The van der Waals surface area contributed by atoms with Crippen LogP contribution in [0.15, 0.2) is 24.3 Å². The van der Waals surface area contributed by atoms with Gasteiger partial charge in [0.05, 0.1) is 6.10 Å². The maximum absolute atomic E-state index is 10.6. The van der Waals surface area contributed by atoms with Crippen molar-refractivity contribution in [3.63, 3.8) is 0 Å². The first-order valence-electron chi connectivity index (χ1n) is 7.08. The van der Waals surface area contributed by atoms with Crippen molar-refractivity contribution in [1.29, 1.82) is 0 Å². The van der Waals surface area contributed by atoms with Gasteiger partial charge in [-0.25, -0.2) is 0 Å². The highest BCUT2D eigenvalue weighted by atomic mass is 32.2. The van der Waals surface area contributed by atoms with E-state index in [4.69, 9.17) is 0 Å². The van der Waals surface area contributed by atoms with Crippen LogP contribution in [-0.4, -0.2) is 27.1 Å². The Bertz CT molecular complexity index is 405. The van der Waals surface area contributed by atoms with Gasteiger partial charge in [0.1, 0.15) is 0 Å². The van der Waals surface area contributed by atoms with Crippen LogP contribution in [0.5, 0.6) is 0 Å². The van der Waals surface area contributed by atoms with E-state index < -0.39 is 0 Å². The van der Waals surface area contributed by atoms with Crippen molar-refractivity contribution in [1.82, 2.24) is 0 Å². The van der Waals surface area contributed by atoms with Crippen LogP contribution in [0.25, 0.3) is 0 Å². The third kappa shape index (κ3) is 4.17. The maximum Gasteiger partial charge on any atom is 0.0919 e. The molecule has 3 heteroatoms. The van der Waals surface area contributed by atoms with Gasteiger partial charge in [-0.15, -0.1) is 0 Å². The van der Waals surface area contributed by atoms with Crippen LogP contribution >= 0.6 is 23.5 Å². The van der Waals surface area contributed by atoms with E-state index in [0.717, 1.165) is 17.7 Å². The van der Waals surface area contributed by atoms with Gasteiger partial charge < -0.3 is 5.11 Å². The normalized spacial score (nSPS) is 25.5. The predicted molar refractivity (Wildman–Crippen MR) is 88.1 cm³/mol. The van der Waals surface area contributed by atoms with E-state index >= 15 is 0 Å². The minimum absolute atomic E-state index is 0.327. The number of hydrogen-bond acceptors (Lipinski definition) is 3. The number of aliphatic hydroxyl groups is 1. The zero-order chi connectivity index (χ0) is 13.8. The van der Waals surface area contributed by atoms with Crippen LogP contribution in [0.1, 0.15) is 38.0 Å². The van der Waals surface area contributed by atoms with E-state index in [0.29, 0.717) is 16.4 Å². The Balaban J connectivity index is 2.11. The van der Waals surface area contributed by atoms with Crippen molar-refractivity contribution in [2.45, 2.75) is 43.8 Å². The summed E-state index contributed by atoms with van der Waals surface area (Å²) in [5.74, 6) is 3.02. The lowest BCUT2D eigenvalue weighted by Crippen LogP contribution is -2.29. The van der Waals surface area contributed by atoms with E-state index in [1.165, 1.54) is 11.3 Å². The lowest BCUT2D eigenvalue weighted by atomic mass is 9.97. The summed E-state index contributed by atoms with van der Waals surface area (Å²) in [5.41, 5.74) is 2.43. The number of hydrogen-bond donors (Lipinski definition) is 1. The molecule has 1 aliphatic heterocycles. The van der Waals surface area contributed by atoms with Gasteiger partial charge in [-0.3, -0.25) is 0 Å². The second-order valence-electron chi connectivity index (χ2n) is 5.70. The summed E-state index contributed by atoms with van der Waals surface area (Å²) in [7, 11) is 0. The number of aliphatic hydroxyl groups excluding tert-OH is 1. The zero-order valence-electron chi connectivity index (χ0n) is 12.0. The monoisotopic (exact) mass is 296 g/mol. The Hall–Kier alpha value is -0.120. The third-order valence-electron chi connectivity index (χ3n) is 3.48. The van der Waals surface area contributed by atoms with Gasteiger partial charge in [0.15, 0.2) is 0 Å². The molecule has 3 atom stereocenters. The highest BCUT2D eigenvalue weighted by molar-refractivity contribution is 8.07. The molecule has 3 unspecified atom stereocenters. The second kappa shape index (κ2) is 7.05. The van der Waals surface area contributed by atoms with Gasteiger partial charge >= 0.3 is 0 Å². The van der Waals surface area contributed by atoms with Crippen molar-refractivity contribution in [2.24, 2.45) is 5.92 Å². The van der Waals surface area contributed by atoms with Crippen molar-refractivity contribution in [2.75, 3.05) is 11.5 Å². The molecule has 0 saturated carbocycles. The van der Waals surface area contributed by atoms with Gasteiger partial charge in [-0.05, 0) is 23.5 Å². The molecule has 0 amide bonds. The topological polar surface area (TPSA) is 20.2 Å². The first-order chi connectivity index (χ1) is 9.08. The molecule has 2 rings (SSSR count). The van der Waals surface area contributed by atoms with Gasteiger partial charge in [0, 0.05) is 22.0 Å². The molecular formula is C16H24OS2. The molecule has 1 fully saturated rings. The Kier molecular flexibility index (Phi) is 5.67. The fourth-order valence-corrected chi connectivity index (χ4v) is 5.40. The molecule has 0 aliphatic carbocycles. The predicted octanol–water partition coefficient (Wildman–Crippen LogP) is 4.16. The first-order valence-corrected chi connectivity index (χ1v) is 9.18. The molecule has 1 aromatic rings.